The maximum Gasteiger partial charge on any atom is 0.127 e. The molecule has 0 unspecified atom stereocenters. The molecule has 2 aromatic rings. The number of ether oxygens (including phenoxy) is 2. The zero-order chi connectivity index (χ0) is 13.5. The van der Waals surface area contributed by atoms with Gasteiger partial charge in [-0.1, -0.05) is 37.6 Å². The second kappa shape index (κ2) is 6.95. The lowest BCUT2D eigenvalue weighted by Gasteiger charge is -2.07. The number of hydrogen-bond acceptors (Lipinski definition) is 2. The lowest BCUT2D eigenvalue weighted by molar-refractivity contribution is 0.185. The van der Waals surface area contributed by atoms with Crippen molar-refractivity contribution in [2.24, 2.45) is 0 Å². The van der Waals surface area contributed by atoms with E-state index >= 15 is 0 Å². The average Bonchev–Trinajstić information content (AvgIpc) is 2.44. The molecule has 2 aromatic carbocycles. The Kier molecular flexibility index (Phi) is 4.99. The molecule has 0 heterocycles. The monoisotopic (exact) mass is 256 g/mol. The van der Waals surface area contributed by atoms with Crippen molar-refractivity contribution >= 4 is 0 Å². The van der Waals surface area contributed by atoms with Crippen LogP contribution in [-0.4, -0.2) is 7.11 Å². The number of rotatable bonds is 6. The summed E-state index contributed by atoms with van der Waals surface area (Å²) in [7, 11) is 1.70. The molecule has 0 aliphatic heterocycles. The first kappa shape index (κ1) is 13.6. The molecule has 0 atom stereocenters. The summed E-state index contributed by atoms with van der Waals surface area (Å²) in [5, 5.41) is 0. The van der Waals surface area contributed by atoms with Crippen LogP contribution in [0.4, 0.5) is 0 Å². The van der Waals surface area contributed by atoms with Gasteiger partial charge in [0.2, 0.25) is 0 Å². The van der Waals surface area contributed by atoms with E-state index in [0.29, 0.717) is 6.61 Å². The first-order valence-corrected chi connectivity index (χ1v) is 6.66. The summed E-state index contributed by atoms with van der Waals surface area (Å²) in [5.41, 5.74) is 2.50. The van der Waals surface area contributed by atoms with Gasteiger partial charge in [0.1, 0.15) is 11.5 Å². The molecular formula is C17H20O2. The van der Waals surface area contributed by atoms with Crippen molar-refractivity contribution in [3.05, 3.63) is 59.7 Å². The van der Waals surface area contributed by atoms with Crippen LogP contribution in [0.2, 0.25) is 0 Å². The van der Waals surface area contributed by atoms with Crippen molar-refractivity contribution in [2.45, 2.75) is 26.4 Å². The molecule has 2 nitrogen and oxygen atoms in total. The van der Waals surface area contributed by atoms with Crippen molar-refractivity contribution in [2.75, 3.05) is 7.11 Å². The molecule has 0 aliphatic rings. The zero-order valence-corrected chi connectivity index (χ0v) is 11.6. The highest BCUT2D eigenvalue weighted by Gasteiger charge is 1.98. The van der Waals surface area contributed by atoms with Crippen molar-refractivity contribution < 1.29 is 9.47 Å². The Morgan fingerprint density at radius 2 is 1.32 bits per heavy atom. The molecule has 0 amide bonds. The Morgan fingerprint density at radius 3 is 1.79 bits per heavy atom. The normalized spacial score (nSPS) is 10.4. The van der Waals surface area contributed by atoms with Crippen LogP contribution >= 0.6 is 0 Å². The minimum absolute atomic E-state index is 0.631. The third-order valence-electron chi connectivity index (χ3n) is 2.93. The molecule has 19 heavy (non-hydrogen) atoms. The van der Waals surface area contributed by atoms with E-state index in [2.05, 4.69) is 19.1 Å². The molecule has 2 heteroatoms. The van der Waals surface area contributed by atoms with Gasteiger partial charge in [-0.15, -0.1) is 0 Å². The lowest BCUT2D eigenvalue weighted by atomic mass is 10.1. The molecule has 0 saturated carbocycles. The highest BCUT2D eigenvalue weighted by atomic mass is 16.5. The van der Waals surface area contributed by atoms with E-state index in [1.807, 2.05) is 36.4 Å². The predicted octanol–water partition coefficient (Wildman–Crippen LogP) is 4.58. The van der Waals surface area contributed by atoms with E-state index < -0.39 is 0 Å². The van der Waals surface area contributed by atoms with Crippen LogP contribution in [0, 0.1) is 0 Å². The molecule has 0 spiro atoms. The van der Waals surface area contributed by atoms with Gasteiger partial charge in [0, 0.05) is 7.11 Å². The summed E-state index contributed by atoms with van der Waals surface area (Å²) < 4.78 is 10.9. The van der Waals surface area contributed by atoms with Gasteiger partial charge in [-0.3, -0.25) is 0 Å². The van der Waals surface area contributed by atoms with E-state index in [4.69, 9.17) is 9.47 Å². The maximum absolute atomic E-state index is 5.80. The van der Waals surface area contributed by atoms with Crippen LogP contribution < -0.4 is 4.74 Å². The first-order chi connectivity index (χ1) is 9.31. The van der Waals surface area contributed by atoms with Gasteiger partial charge in [-0.05, 0) is 41.8 Å². The number of methoxy groups -OCH3 is 1. The summed E-state index contributed by atoms with van der Waals surface area (Å²) >= 11 is 0. The third-order valence-corrected chi connectivity index (χ3v) is 2.93. The number of hydrogen-bond donors (Lipinski definition) is 0. The predicted molar refractivity (Wildman–Crippen MR) is 77.7 cm³/mol. The molecule has 0 N–H and O–H groups in total. The van der Waals surface area contributed by atoms with Gasteiger partial charge in [-0.2, -0.15) is 0 Å². The Labute approximate surface area is 115 Å². The smallest absolute Gasteiger partial charge is 0.127 e. The molecule has 0 bridgehead atoms. The summed E-state index contributed by atoms with van der Waals surface area (Å²) in [5.74, 6) is 1.72. The van der Waals surface area contributed by atoms with Gasteiger partial charge in [0.25, 0.3) is 0 Å². The average molecular weight is 256 g/mol. The molecule has 0 saturated heterocycles. The van der Waals surface area contributed by atoms with Gasteiger partial charge < -0.3 is 9.47 Å². The van der Waals surface area contributed by atoms with Crippen LogP contribution in [0.5, 0.6) is 11.5 Å². The van der Waals surface area contributed by atoms with Gasteiger partial charge in [0.15, 0.2) is 0 Å². The highest BCUT2D eigenvalue weighted by molar-refractivity contribution is 5.34. The van der Waals surface area contributed by atoms with E-state index in [9.17, 15) is 0 Å². The first-order valence-electron chi connectivity index (χ1n) is 6.66. The molecule has 0 fully saturated rings. The summed E-state index contributed by atoms with van der Waals surface area (Å²) in [6, 6.07) is 16.3. The molecule has 0 radical (unpaired) electrons. The maximum atomic E-state index is 5.80. The van der Waals surface area contributed by atoms with Crippen molar-refractivity contribution in [1.29, 1.82) is 0 Å². The van der Waals surface area contributed by atoms with Crippen molar-refractivity contribution in [1.82, 2.24) is 0 Å². The van der Waals surface area contributed by atoms with E-state index in [0.717, 1.165) is 23.5 Å². The Morgan fingerprint density at radius 1 is 0.789 bits per heavy atom. The van der Waals surface area contributed by atoms with Gasteiger partial charge in [0.05, 0.1) is 6.61 Å². The summed E-state index contributed by atoms with van der Waals surface area (Å²) in [4.78, 5) is 0. The SMILES string of the molecule is CCCc1ccc(Oc2ccc(COC)cc2)cc1. The molecule has 0 aliphatic carbocycles. The van der Waals surface area contributed by atoms with Crippen LogP contribution in [0.1, 0.15) is 24.5 Å². The molecular weight excluding hydrogens is 236 g/mol. The number of benzene rings is 2. The fourth-order valence-electron chi connectivity index (χ4n) is 1.97. The van der Waals surface area contributed by atoms with E-state index in [1.54, 1.807) is 7.11 Å². The van der Waals surface area contributed by atoms with E-state index in [-0.39, 0.29) is 0 Å². The second-order valence-electron chi connectivity index (χ2n) is 4.57. The van der Waals surface area contributed by atoms with Crippen LogP contribution in [0.25, 0.3) is 0 Å². The molecule has 2 rings (SSSR count). The zero-order valence-electron chi connectivity index (χ0n) is 11.6. The van der Waals surface area contributed by atoms with Crippen LogP contribution in [-0.2, 0) is 17.8 Å². The van der Waals surface area contributed by atoms with Gasteiger partial charge >= 0.3 is 0 Å². The summed E-state index contributed by atoms with van der Waals surface area (Å²) in [6.07, 6.45) is 2.28. The number of aryl methyl sites for hydroxylation is 1. The van der Waals surface area contributed by atoms with Crippen LogP contribution in [0.15, 0.2) is 48.5 Å². The lowest BCUT2D eigenvalue weighted by Crippen LogP contribution is -1.89. The largest absolute Gasteiger partial charge is 0.457 e. The topological polar surface area (TPSA) is 18.5 Å². The van der Waals surface area contributed by atoms with E-state index in [1.165, 1.54) is 12.0 Å². The minimum atomic E-state index is 0.631. The van der Waals surface area contributed by atoms with Crippen LogP contribution in [0.3, 0.4) is 0 Å². The molecule has 0 aromatic heterocycles. The minimum Gasteiger partial charge on any atom is -0.457 e. The Bertz CT molecular complexity index is 438. The molecule has 100 valence electrons. The second-order valence-corrected chi connectivity index (χ2v) is 4.57. The Hall–Kier alpha value is -1.80. The van der Waals surface area contributed by atoms with Crippen molar-refractivity contribution in [3.63, 3.8) is 0 Å². The third kappa shape index (κ3) is 4.11. The highest BCUT2D eigenvalue weighted by Crippen LogP contribution is 2.22. The van der Waals surface area contributed by atoms with Crippen molar-refractivity contribution in [3.8, 4) is 11.5 Å². The quantitative estimate of drug-likeness (QED) is 0.753. The fourth-order valence-corrected chi connectivity index (χ4v) is 1.97. The summed E-state index contributed by atoms with van der Waals surface area (Å²) in [6.45, 7) is 2.82. The standard InChI is InChI=1S/C17H20O2/c1-3-4-14-5-9-16(10-6-14)19-17-11-7-15(8-12-17)13-18-2/h5-12H,3-4,13H2,1-2H3. The Balaban J connectivity index is 1.99. The van der Waals surface area contributed by atoms with Gasteiger partial charge in [-0.25, -0.2) is 0 Å². The fraction of sp³-hybridized carbons (Fsp3) is 0.294.